The molecule has 6 nitrogen and oxygen atoms in total. The summed E-state index contributed by atoms with van der Waals surface area (Å²) in [6.07, 6.45) is 0. The van der Waals surface area contributed by atoms with Crippen LogP contribution in [0.1, 0.15) is 45.1 Å². The predicted molar refractivity (Wildman–Crippen MR) is 97.6 cm³/mol. The number of nitrogens with one attached hydrogen (secondary N) is 1. The van der Waals surface area contributed by atoms with Gasteiger partial charge in [-0.15, -0.1) is 10.2 Å². The molecule has 0 saturated heterocycles. The molecule has 0 aliphatic carbocycles. The largest absolute Gasteiger partial charge is 0.349 e. The second-order valence-corrected chi connectivity index (χ2v) is 7.93. The van der Waals surface area contributed by atoms with E-state index in [4.69, 9.17) is 17.4 Å². The number of amides is 1. The first kappa shape index (κ1) is 18.6. The Morgan fingerprint density at radius 2 is 1.96 bits per heavy atom. The van der Waals surface area contributed by atoms with Crippen molar-refractivity contribution in [1.29, 1.82) is 0 Å². The lowest BCUT2D eigenvalue weighted by atomic mass is 9.96. The number of thioether (sulfide) groups is 1. The van der Waals surface area contributed by atoms with Crippen LogP contribution in [0.3, 0.4) is 0 Å². The van der Waals surface area contributed by atoms with E-state index in [0.29, 0.717) is 16.0 Å². The molecule has 0 aliphatic rings. The highest BCUT2D eigenvalue weighted by Gasteiger charge is 2.23. The summed E-state index contributed by atoms with van der Waals surface area (Å²) >= 11 is 7.13. The Bertz CT molecular complexity index is 708. The number of carbonyl (C=O) groups excluding carboxylic acids is 1. The van der Waals surface area contributed by atoms with Crippen molar-refractivity contribution in [3.63, 3.8) is 0 Å². The van der Waals surface area contributed by atoms with Gasteiger partial charge in [0, 0.05) is 10.4 Å². The van der Waals surface area contributed by atoms with Gasteiger partial charge in [0.15, 0.2) is 5.82 Å². The molecule has 1 heterocycles. The summed E-state index contributed by atoms with van der Waals surface area (Å²) in [5.74, 6) is 6.81. The van der Waals surface area contributed by atoms with Crippen LogP contribution in [-0.2, 0) is 10.2 Å². The molecule has 0 fully saturated rings. The van der Waals surface area contributed by atoms with Crippen molar-refractivity contribution in [2.75, 3.05) is 11.6 Å². The van der Waals surface area contributed by atoms with Crippen molar-refractivity contribution in [3.8, 4) is 0 Å². The van der Waals surface area contributed by atoms with Gasteiger partial charge in [0.1, 0.15) is 0 Å². The van der Waals surface area contributed by atoms with Gasteiger partial charge in [0.05, 0.1) is 11.8 Å². The third-order valence-corrected chi connectivity index (χ3v) is 4.61. The first-order valence-electron chi connectivity index (χ1n) is 7.57. The number of nitrogens with two attached hydrogens (primary N) is 1. The molecule has 0 aliphatic heterocycles. The minimum atomic E-state index is -0.202. The number of carbonyl (C=O) groups is 1. The van der Waals surface area contributed by atoms with Crippen molar-refractivity contribution < 1.29 is 4.79 Å². The van der Waals surface area contributed by atoms with Crippen LogP contribution >= 0.6 is 23.4 Å². The van der Waals surface area contributed by atoms with E-state index < -0.39 is 0 Å². The lowest BCUT2D eigenvalue weighted by molar-refractivity contribution is -0.119. The first-order chi connectivity index (χ1) is 11.2. The summed E-state index contributed by atoms with van der Waals surface area (Å²) in [6, 6.07) is 7.30. The van der Waals surface area contributed by atoms with E-state index in [1.54, 1.807) is 12.1 Å². The number of nitrogen functional groups attached to an aromatic ring is 1. The number of hydrogen-bond donors (Lipinski definition) is 2. The molecule has 1 aromatic carbocycles. The number of aromatic nitrogens is 3. The van der Waals surface area contributed by atoms with Gasteiger partial charge in [-0.3, -0.25) is 4.79 Å². The molecule has 1 amide bonds. The molecule has 0 spiro atoms. The van der Waals surface area contributed by atoms with E-state index >= 15 is 0 Å². The molecule has 0 bridgehead atoms. The zero-order valence-corrected chi connectivity index (χ0v) is 15.8. The number of hydrogen-bond acceptors (Lipinski definition) is 5. The maximum Gasteiger partial charge on any atom is 0.230 e. The molecule has 1 unspecified atom stereocenters. The van der Waals surface area contributed by atoms with Gasteiger partial charge in [-0.05, 0) is 24.6 Å². The van der Waals surface area contributed by atoms with E-state index in [1.807, 2.05) is 39.8 Å². The fraction of sp³-hybridized carbons (Fsp3) is 0.438. The van der Waals surface area contributed by atoms with Crippen LogP contribution in [0.4, 0.5) is 0 Å². The molecule has 2 rings (SSSR count). The average molecular weight is 368 g/mol. The van der Waals surface area contributed by atoms with Crippen LogP contribution in [-0.4, -0.2) is 26.5 Å². The summed E-state index contributed by atoms with van der Waals surface area (Å²) in [5, 5.41) is 12.3. The predicted octanol–water partition coefficient (Wildman–Crippen LogP) is 2.91. The second-order valence-electron chi connectivity index (χ2n) is 6.56. The minimum absolute atomic E-state index is 0.0947. The Balaban J connectivity index is 1.92. The molecule has 130 valence electrons. The highest BCUT2D eigenvalue weighted by molar-refractivity contribution is 7.99. The van der Waals surface area contributed by atoms with E-state index in [2.05, 4.69) is 15.5 Å². The van der Waals surface area contributed by atoms with Gasteiger partial charge >= 0.3 is 0 Å². The van der Waals surface area contributed by atoms with Crippen LogP contribution in [0.25, 0.3) is 0 Å². The maximum atomic E-state index is 12.1. The summed E-state index contributed by atoms with van der Waals surface area (Å²) in [7, 11) is 0. The van der Waals surface area contributed by atoms with E-state index in [9.17, 15) is 4.79 Å². The quantitative estimate of drug-likeness (QED) is 0.626. The Hall–Kier alpha value is -1.73. The normalized spacial score (nSPS) is 12.9. The maximum absolute atomic E-state index is 12.1. The second kappa shape index (κ2) is 7.44. The molecule has 24 heavy (non-hydrogen) atoms. The van der Waals surface area contributed by atoms with Crippen LogP contribution < -0.4 is 11.2 Å². The molecule has 2 aromatic rings. The lowest BCUT2D eigenvalue weighted by Gasteiger charge is -2.16. The van der Waals surface area contributed by atoms with E-state index in [1.165, 1.54) is 16.4 Å². The third-order valence-electron chi connectivity index (χ3n) is 3.42. The lowest BCUT2D eigenvalue weighted by Crippen LogP contribution is -2.28. The summed E-state index contributed by atoms with van der Waals surface area (Å²) in [5.41, 5.74) is 0.793. The number of nitrogens with zero attached hydrogens (tertiary/aromatic N) is 3. The van der Waals surface area contributed by atoms with E-state index in [-0.39, 0.29) is 23.1 Å². The van der Waals surface area contributed by atoms with Gasteiger partial charge in [-0.25, -0.2) is 4.68 Å². The fourth-order valence-electron chi connectivity index (χ4n) is 2.13. The summed E-state index contributed by atoms with van der Waals surface area (Å²) in [6.45, 7) is 7.95. The first-order valence-corrected chi connectivity index (χ1v) is 8.93. The van der Waals surface area contributed by atoms with Gasteiger partial charge in [0.2, 0.25) is 11.1 Å². The third kappa shape index (κ3) is 4.64. The molecular weight excluding hydrogens is 346 g/mol. The van der Waals surface area contributed by atoms with Crippen molar-refractivity contribution in [2.45, 2.75) is 44.3 Å². The average Bonchev–Trinajstić information content (AvgIpc) is 2.86. The molecule has 1 atom stereocenters. The van der Waals surface area contributed by atoms with Crippen molar-refractivity contribution in [3.05, 3.63) is 40.7 Å². The highest BCUT2D eigenvalue weighted by atomic mass is 35.5. The Kier molecular flexibility index (Phi) is 5.77. The Morgan fingerprint density at radius 3 is 2.50 bits per heavy atom. The Labute approximate surface area is 151 Å². The van der Waals surface area contributed by atoms with Crippen LogP contribution in [0.5, 0.6) is 0 Å². The molecule has 0 radical (unpaired) electrons. The van der Waals surface area contributed by atoms with Gasteiger partial charge < -0.3 is 11.2 Å². The molecular formula is C16H22ClN5OS. The zero-order chi connectivity index (χ0) is 17.9. The van der Waals surface area contributed by atoms with Crippen LogP contribution in [0, 0.1) is 0 Å². The topological polar surface area (TPSA) is 85.8 Å². The van der Waals surface area contributed by atoms with Crippen LogP contribution in [0.15, 0.2) is 29.4 Å². The highest BCUT2D eigenvalue weighted by Crippen LogP contribution is 2.23. The van der Waals surface area contributed by atoms with Gasteiger partial charge in [-0.2, -0.15) is 0 Å². The minimum Gasteiger partial charge on any atom is -0.349 e. The summed E-state index contributed by atoms with van der Waals surface area (Å²) < 4.78 is 1.45. The number of halogens is 1. The standard InChI is InChI=1S/C16H22ClN5OS/c1-10(11-5-7-12(17)8-6-11)19-13(23)9-24-15-21-20-14(22(15)18)16(2,3)4/h5-8,10H,9,18H2,1-4H3,(H,19,23). The van der Waals surface area contributed by atoms with Gasteiger partial charge in [0.25, 0.3) is 0 Å². The number of benzene rings is 1. The molecule has 3 N–H and O–H groups in total. The number of rotatable bonds is 5. The van der Waals surface area contributed by atoms with Crippen molar-refractivity contribution >= 4 is 29.3 Å². The zero-order valence-electron chi connectivity index (χ0n) is 14.2. The smallest absolute Gasteiger partial charge is 0.230 e. The molecule has 0 saturated carbocycles. The van der Waals surface area contributed by atoms with Crippen molar-refractivity contribution in [2.24, 2.45) is 0 Å². The SMILES string of the molecule is CC(NC(=O)CSc1nnc(C(C)(C)C)n1N)c1ccc(Cl)cc1. The molecule has 1 aromatic heterocycles. The van der Waals surface area contributed by atoms with Crippen molar-refractivity contribution in [1.82, 2.24) is 20.2 Å². The van der Waals surface area contributed by atoms with E-state index in [0.717, 1.165) is 5.56 Å². The van der Waals surface area contributed by atoms with Crippen LogP contribution in [0.2, 0.25) is 5.02 Å². The van der Waals surface area contributed by atoms with Gasteiger partial charge in [-0.1, -0.05) is 56.3 Å². The summed E-state index contributed by atoms with van der Waals surface area (Å²) in [4.78, 5) is 12.1. The monoisotopic (exact) mass is 367 g/mol. The fourth-order valence-corrected chi connectivity index (χ4v) is 2.93. The molecule has 8 heteroatoms. The Morgan fingerprint density at radius 1 is 1.33 bits per heavy atom.